The molecule has 1 aliphatic carbocycles. The van der Waals surface area contributed by atoms with E-state index in [0.717, 1.165) is 19.3 Å². The molecule has 0 aliphatic heterocycles. The number of nitrogens with two attached hydrogens (primary N) is 1. The average Bonchev–Trinajstić information content (AvgIpc) is 2.17. The van der Waals surface area contributed by atoms with E-state index in [1.165, 1.54) is 11.1 Å². The third-order valence-electron chi connectivity index (χ3n) is 2.74. The quantitative estimate of drug-likeness (QED) is 0.497. The summed E-state index contributed by atoms with van der Waals surface area (Å²) in [5.41, 5.74) is 8.20. The molecule has 0 fully saturated rings. The number of benzene rings is 1. The van der Waals surface area contributed by atoms with Crippen LogP contribution in [0.15, 0.2) is 24.3 Å². The van der Waals surface area contributed by atoms with Crippen LogP contribution in [0.5, 0.6) is 0 Å². The van der Waals surface area contributed by atoms with Crippen LogP contribution < -0.4 is 5.73 Å². The predicted molar refractivity (Wildman–Crippen MR) is 54.0 cm³/mol. The number of fused-ring (bicyclic) bond motifs is 1. The van der Waals surface area contributed by atoms with E-state index in [-0.39, 0.29) is 5.92 Å². The highest BCUT2D eigenvalue weighted by Gasteiger charge is 2.21. The zero-order valence-corrected chi connectivity index (χ0v) is 7.59. The first-order chi connectivity index (χ1) is 6.29. The van der Waals surface area contributed by atoms with Crippen molar-refractivity contribution in [1.82, 2.24) is 0 Å². The van der Waals surface area contributed by atoms with Gasteiger partial charge in [0.05, 0.1) is 5.84 Å². The zero-order valence-electron chi connectivity index (χ0n) is 7.59. The van der Waals surface area contributed by atoms with Crippen LogP contribution in [0, 0.1) is 5.41 Å². The lowest BCUT2D eigenvalue weighted by molar-refractivity contribution is 0.645. The van der Waals surface area contributed by atoms with Crippen LogP contribution in [0.1, 0.15) is 29.9 Å². The van der Waals surface area contributed by atoms with Gasteiger partial charge in [-0.15, -0.1) is 0 Å². The molecule has 0 aromatic heterocycles. The second-order valence-corrected chi connectivity index (χ2v) is 3.60. The van der Waals surface area contributed by atoms with Crippen LogP contribution in [0.25, 0.3) is 0 Å². The van der Waals surface area contributed by atoms with E-state index < -0.39 is 0 Å². The first-order valence-corrected chi connectivity index (χ1v) is 4.71. The third kappa shape index (κ3) is 1.44. The highest BCUT2D eigenvalue weighted by Crippen LogP contribution is 2.30. The fraction of sp³-hybridized carbons (Fsp3) is 0.364. The van der Waals surface area contributed by atoms with Crippen molar-refractivity contribution in [3.63, 3.8) is 0 Å². The van der Waals surface area contributed by atoms with Gasteiger partial charge in [0.1, 0.15) is 0 Å². The molecule has 0 unspecified atom stereocenters. The molecule has 1 atom stereocenters. The second-order valence-electron chi connectivity index (χ2n) is 3.60. The molecule has 2 heteroatoms. The smallest absolute Gasteiger partial charge is 0.0982 e. The Morgan fingerprint density at radius 1 is 1.38 bits per heavy atom. The van der Waals surface area contributed by atoms with Crippen molar-refractivity contribution in [3.8, 4) is 0 Å². The topological polar surface area (TPSA) is 49.9 Å². The molecule has 0 saturated carbocycles. The van der Waals surface area contributed by atoms with Crippen LogP contribution in [-0.2, 0) is 6.42 Å². The summed E-state index contributed by atoms with van der Waals surface area (Å²) in [5, 5.41) is 7.50. The Morgan fingerprint density at radius 3 is 2.92 bits per heavy atom. The van der Waals surface area contributed by atoms with E-state index in [2.05, 4.69) is 18.2 Å². The van der Waals surface area contributed by atoms with E-state index in [4.69, 9.17) is 11.1 Å². The standard InChI is InChI=1S/C11H14N2/c12-11(13)10-7-3-5-8-4-1-2-6-9(8)10/h1-2,4,6,10H,3,5,7H2,(H3,12,13)/t10-/m0/s1. The van der Waals surface area contributed by atoms with Gasteiger partial charge in [-0.1, -0.05) is 24.3 Å². The summed E-state index contributed by atoms with van der Waals surface area (Å²) in [7, 11) is 0. The molecule has 0 spiro atoms. The SMILES string of the molecule is N=C(N)[C@H]1CCCc2ccccc21. The zero-order chi connectivity index (χ0) is 9.26. The van der Waals surface area contributed by atoms with Gasteiger partial charge in [0, 0.05) is 5.92 Å². The van der Waals surface area contributed by atoms with Gasteiger partial charge in [0.2, 0.25) is 0 Å². The van der Waals surface area contributed by atoms with E-state index in [1.807, 2.05) is 6.07 Å². The maximum absolute atomic E-state index is 7.50. The number of aryl methyl sites for hydroxylation is 1. The summed E-state index contributed by atoms with van der Waals surface area (Å²) in [6, 6.07) is 8.33. The summed E-state index contributed by atoms with van der Waals surface area (Å²) in [6.07, 6.45) is 3.33. The number of hydrogen-bond donors (Lipinski definition) is 2. The fourth-order valence-electron chi connectivity index (χ4n) is 2.08. The maximum atomic E-state index is 7.50. The summed E-state index contributed by atoms with van der Waals surface area (Å²) < 4.78 is 0. The molecule has 0 heterocycles. The fourth-order valence-corrected chi connectivity index (χ4v) is 2.08. The van der Waals surface area contributed by atoms with Gasteiger partial charge in [-0.05, 0) is 30.4 Å². The van der Waals surface area contributed by atoms with Gasteiger partial charge in [-0.25, -0.2) is 0 Å². The molecule has 13 heavy (non-hydrogen) atoms. The van der Waals surface area contributed by atoms with Gasteiger partial charge < -0.3 is 5.73 Å². The van der Waals surface area contributed by atoms with Crippen molar-refractivity contribution in [2.45, 2.75) is 25.2 Å². The Hall–Kier alpha value is -1.31. The molecule has 3 N–H and O–H groups in total. The summed E-state index contributed by atoms with van der Waals surface area (Å²) in [5.74, 6) is 0.483. The Morgan fingerprint density at radius 2 is 2.15 bits per heavy atom. The van der Waals surface area contributed by atoms with Gasteiger partial charge in [-0.2, -0.15) is 0 Å². The summed E-state index contributed by atoms with van der Waals surface area (Å²) >= 11 is 0. The van der Waals surface area contributed by atoms with Crippen molar-refractivity contribution in [2.24, 2.45) is 5.73 Å². The highest BCUT2D eigenvalue weighted by molar-refractivity contribution is 5.85. The molecule has 0 bridgehead atoms. The Kier molecular flexibility index (Phi) is 2.05. The molecule has 0 amide bonds. The number of nitrogens with one attached hydrogen (secondary N) is 1. The van der Waals surface area contributed by atoms with Crippen LogP contribution >= 0.6 is 0 Å². The largest absolute Gasteiger partial charge is 0.387 e. The van der Waals surface area contributed by atoms with Crippen LogP contribution in [-0.4, -0.2) is 5.84 Å². The third-order valence-corrected chi connectivity index (χ3v) is 2.74. The maximum Gasteiger partial charge on any atom is 0.0982 e. The van der Waals surface area contributed by atoms with E-state index in [0.29, 0.717) is 5.84 Å². The highest BCUT2D eigenvalue weighted by atomic mass is 14.7. The summed E-state index contributed by atoms with van der Waals surface area (Å²) in [4.78, 5) is 0. The first-order valence-electron chi connectivity index (χ1n) is 4.71. The average molecular weight is 174 g/mol. The van der Waals surface area contributed by atoms with Crippen LogP contribution in [0.2, 0.25) is 0 Å². The molecule has 0 saturated heterocycles. The van der Waals surface area contributed by atoms with Crippen molar-refractivity contribution in [1.29, 1.82) is 5.41 Å². The molecule has 2 rings (SSSR count). The van der Waals surface area contributed by atoms with Crippen molar-refractivity contribution < 1.29 is 0 Å². The van der Waals surface area contributed by atoms with Gasteiger partial charge in [0.25, 0.3) is 0 Å². The normalized spacial score (nSPS) is 20.8. The van der Waals surface area contributed by atoms with Crippen molar-refractivity contribution in [3.05, 3.63) is 35.4 Å². The van der Waals surface area contributed by atoms with Crippen molar-refractivity contribution >= 4 is 5.84 Å². The Bertz CT molecular complexity index is 331. The number of hydrogen-bond acceptors (Lipinski definition) is 1. The molecule has 2 nitrogen and oxygen atoms in total. The van der Waals surface area contributed by atoms with E-state index >= 15 is 0 Å². The predicted octanol–water partition coefficient (Wildman–Crippen LogP) is 2.04. The second kappa shape index (κ2) is 3.21. The lowest BCUT2D eigenvalue weighted by Gasteiger charge is -2.24. The van der Waals surface area contributed by atoms with Crippen LogP contribution in [0.3, 0.4) is 0 Å². The minimum absolute atomic E-state index is 0.171. The monoisotopic (exact) mass is 174 g/mol. The van der Waals surface area contributed by atoms with Crippen molar-refractivity contribution in [2.75, 3.05) is 0 Å². The van der Waals surface area contributed by atoms with Gasteiger partial charge in [-0.3, -0.25) is 5.41 Å². The lowest BCUT2D eigenvalue weighted by atomic mass is 9.82. The molecule has 1 aliphatic rings. The minimum Gasteiger partial charge on any atom is -0.387 e. The van der Waals surface area contributed by atoms with E-state index in [1.54, 1.807) is 0 Å². The van der Waals surface area contributed by atoms with Crippen LogP contribution in [0.4, 0.5) is 0 Å². The molecule has 68 valence electrons. The summed E-state index contributed by atoms with van der Waals surface area (Å²) in [6.45, 7) is 0. The first kappa shape index (κ1) is 8.30. The lowest BCUT2D eigenvalue weighted by Crippen LogP contribution is -2.24. The van der Waals surface area contributed by atoms with E-state index in [9.17, 15) is 0 Å². The molecular formula is C11H14N2. The Balaban J connectivity index is 2.42. The molecule has 0 radical (unpaired) electrons. The molecule has 1 aromatic carbocycles. The Labute approximate surface area is 78.3 Å². The van der Waals surface area contributed by atoms with Gasteiger partial charge in [0.15, 0.2) is 0 Å². The number of rotatable bonds is 1. The van der Waals surface area contributed by atoms with Gasteiger partial charge >= 0.3 is 0 Å². The number of amidine groups is 1. The molecule has 1 aromatic rings. The minimum atomic E-state index is 0.171. The molecular weight excluding hydrogens is 160 g/mol.